The van der Waals surface area contributed by atoms with Crippen LogP contribution in [0.4, 0.5) is 5.69 Å². The van der Waals surface area contributed by atoms with Crippen LogP contribution in [0.25, 0.3) is 15.5 Å². The lowest BCUT2D eigenvalue weighted by Crippen LogP contribution is -2.34. The molecule has 0 saturated heterocycles. The van der Waals surface area contributed by atoms with Crippen LogP contribution < -0.4 is 10.6 Å². The van der Waals surface area contributed by atoms with Gasteiger partial charge in [0.25, 0.3) is 5.91 Å². The maximum atomic E-state index is 12.5. The van der Waals surface area contributed by atoms with Gasteiger partial charge < -0.3 is 5.32 Å². The lowest BCUT2D eigenvalue weighted by atomic mass is 10.2. The molecule has 4 rings (SSSR count). The largest absolute Gasteiger partial charge is 0.332 e. The first-order chi connectivity index (χ1) is 14.4. The topological polar surface area (TPSA) is 84.2 Å². The van der Waals surface area contributed by atoms with Crippen molar-refractivity contribution in [3.63, 3.8) is 0 Å². The molecule has 0 unspecified atom stereocenters. The Kier molecular flexibility index (Phi) is 6.27. The molecule has 4 aromatic rings. The SMILES string of the molecule is CCc1nnc2sc(-c3cccc(NC(=S)NC(=O)c4cc(I)ccc4Cl)c3)nn12. The van der Waals surface area contributed by atoms with Gasteiger partial charge in [0.2, 0.25) is 4.96 Å². The summed E-state index contributed by atoms with van der Waals surface area (Å²) in [6.45, 7) is 2.01. The van der Waals surface area contributed by atoms with E-state index in [1.165, 1.54) is 11.3 Å². The summed E-state index contributed by atoms with van der Waals surface area (Å²) in [6, 6.07) is 12.8. The van der Waals surface area contributed by atoms with E-state index >= 15 is 0 Å². The zero-order valence-electron chi connectivity index (χ0n) is 15.5. The lowest BCUT2D eigenvalue weighted by Gasteiger charge is -2.11. The molecule has 0 fully saturated rings. The van der Waals surface area contributed by atoms with Gasteiger partial charge in [0, 0.05) is 21.2 Å². The number of nitrogens with one attached hydrogen (secondary N) is 2. The van der Waals surface area contributed by atoms with E-state index < -0.39 is 0 Å². The highest BCUT2D eigenvalue weighted by Crippen LogP contribution is 2.27. The zero-order chi connectivity index (χ0) is 21.3. The van der Waals surface area contributed by atoms with Gasteiger partial charge in [-0.25, -0.2) is 0 Å². The molecule has 7 nitrogen and oxygen atoms in total. The first kappa shape index (κ1) is 21.1. The summed E-state index contributed by atoms with van der Waals surface area (Å²) in [5.41, 5.74) is 2.01. The van der Waals surface area contributed by atoms with Crippen LogP contribution >= 0.6 is 57.7 Å². The van der Waals surface area contributed by atoms with Crippen molar-refractivity contribution in [3.8, 4) is 10.6 Å². The number of hydrogen-bond acceptors (Lipinski definition) is 6. The van der Waals surface area contributed by atoms with Gasteiger partial charge in [-0.3, -0.25) is 10.1 Å². The second kappa shape index (κ2) is 8.92. The van der Waals surface area contributed by atoms with E-state index in [9.17, 15) is 4.79 Å². The number of rotatable bonds is 4. The molecule has 2 aromatic carbocycles. The number of benzene rings is 2. The molecule has 2 N–H and O–H groups in total. The number of nitrogens with zero attached hydrogens (tertiary/aromatic N) is 4. The molecule has 0 aliphatic carbocycles. The van der Waals surface area contributed by atoms with E-state index in [1.54, 1.807) is 16.6 Å². The van der Waals surface area contributed by atoms with E-state index in [-0.39, 0.29) is 11.0 Å². The maximum absolute atomic E-state index is 12.5. The third-order valence-electron chi connectivity index (χ3n) is 4.14. The Hall–Kier alpha value is -2.15. The smallest absolute Gasteiger partial charge is 0.258 e. The Morgan fingerprint density at radius 2 is 2.10 bits per heavy atom. The van der Waals surface area contributed by atoms with Crippen molar-refractivity contribution in [2.45, 2.75) is 13.3 Å². The van der Waals surface area contributed by atoms with Crippen LogP contribution in [0.15, 0.2) is 42.5 Å². The predicted molar refractivity (Wildman–Crippen MR) is 131 cm³/mol. The van der Waals surface area contributed by atoms with Crippen LogP contribution in [0.2, 0.25) is 5.02 Å². The van der Waals surface area contributed by atoms with Gasteiger partial charge in [-0.2, -0.15) is 9.61 Å². The Morgan fingerprint density at radius 1 is 1.27 bits per heavy atom. The molecule has 0 aliphatic heterocycles. The molecule has 2 heterocycles. The van der Waals surface area contributed by atoms with Crippen LogP contribution in [-0.4, -0.2) is 30.8 Å². The minimum atomic E-state index is -0.368. The van der Waals surface area contributed by atoms with Crippen molar-refractivity contribution in [3.05, 3.63) is 62.4 Å². The van der Waals surface area contributed by atoms with Crippen molar-refractivity contribution in [2.75, 3.05) is 5.32 Å². The van der Waals surface area contributed by atoms with Gasteiger partial charge in [-0.05, 0) is 65.1 Å². The minimum Gasteiger partial charge on any atom is -0.332 e. The van der Waals surface area contributed by atoms with Gasteiger partial charge in [-0.15, -0.1) is 10.2 Å². The molecule has 0 saturated carbocycles. The summed E-state index contributed by atoms with van der Waals surface area (Å²) in [4.78, 5) is 13.2. The molecule has 0 spiro atoms. The number of carbonyl (C=O) groups excluding carboxylic acids is 1. The zero-order valence-corrected chi connectivity index (χ0v) is 20.1. The molecule has 152 valence electrons. The van der Waals surface area contributed by atoms with Crippen molar-refractivity contribution in [1.82, 2.24) is 25.1 Å². The number of hydrogen-bond donors (Lipinski definition) is 2. The summed E-state index contributed by atoms with van der Waals surface area (Å²) >= 11 is 15.0. The van der Waals surface area contributed by atoms with Crippen LogP contribution in [-0.2, 0) is 6.42 Å². The van der Waals surface area contributed by atoms with E-state index in [0.717, 1.165) is 37.0 Å². The Bertz CT molecular complexity index is 1270. The molecule has 0 bridgehead atoms. The summed E-state index contributed by atoms with van der Waals surface area (Å²) in [5.74, 6) is 0.452. The van der Waals surface area contributed by atoms with Gasteiger partial charge in [0.05, 0.1) is 10.6 Å². The van der Waals surface area contributed by atoms with E-state index in [0.29, 0.717) is 10.6 Å². The first-order valence-electron chi connectivity index (χ1n) is 8.83. The highest BCUT2D eigenvalue weighted by molar-refractivity contribution is 14.1. The molecular formula is C19H14ClIN6OS2. The van der Waals surface area contributed by atoms with E-state index in [1.807, 2.05) is 37.3 Å². The number of fused-ring (bicyclic) bond motifs is 1. The summed E-state index contributed by atoms with van der Waals surface area (Å²) in [6.07, 6.45) is 0.754. The third kappa shape index (κ3) is 4.46. The average Bonchev–Trinajstić information content (AvgIpc) is 3.30. The van der Waals surface area contributed by atoms with Gasteiger partial charge in [0.15, 0.2) is 10.9 Å². The van der Waals surface area contributed by atoms with Gasteiger partial charge in [0.1, 0.15) is 5.01 Å². The fraction of sp³-hybridized carbons (Fsp3) is 0.105. The highest BCUT2D eigenvalue weighted by Gasteiger charge is 2.14. The molecule has 11 heteroatoms. The third-order valence-corrected chi connectivity index (χ3v) is 6.29. The van der Waals surface area contributed by atoms with Crippen LogP contribution in [0.5, 0.6) is 0 Å². The Morgan fingerprint density at radius 3 is 2.90 bits per heavy atom. The molecule has 1 amide bonds. The summed E-state index contributed by atoms with van der Waals surface area (Å²) in [7, 11) is 0. The predicted octanol–water partition coefficient (Wildman–Crippen LogP) is 4.80. The molecule has 30 heavy (non-hydrogen) atoms. The number of aromatic nitrogens is 4. The number of anilines is 1. The standard InChI is InChI=1S/C19H14ClIN6OS2/c1-2-15-24-25-19-27(15)26-17(30-19)10-4-3-5-12(8-10)22-18(29)23-16(28)13-9-11(21)6-7-14(13)20/h3-9H,2H2,1H3,(H2,22,23,28,29). The van der Waals surface area contributed by atoms with Gasteiger partial charge >= 0.3 is 0 Å². The van der Waals surface area contributed by atoms with Crippen LogP contribution in [0, 0.1) is 3.57 Å². The molecule has 0 aliphatic rings. The number of amides is 1. The Labute approximate surface area is 200 Å². The number of thiocarbonyl (C=S) groups is 1. The highest BCUT2D eigenvalue weighted by atomic mass is 127. The quantitative estimate of drug-likeness (QED) is 0.272. The number of carbonyl (C=O) groups is 1. The van der Waals surface area contributed by atoms with Crippen molar-refractivity contribution in [1.29, 1.82) is 0 Å². The fourth-order valence-electron chi connectivity index (χ4n) is 2.73. The number of aryl methyl sites for hydroxylation is 1. The normalized spacial score (nSPS) is 10.9. The average molecular weight is 569 g/mol. The summed E-state index contributed by atoms with van der Waals surface area (Å²) in [5, 5.41) is 19.9. The number of halogens is 2. The van der Waals surface area contributed by atoms with Crippen molar-refractivity contribution >= 4 is 79.4 Å². The fourth-order valence-corrected chi connectivity index (χ4v) is 4.49. The van der Waals surface area contributed by atoms with Crippen LogP contribution in [0.3, 0.4) is 0 Å². The molecule has 0 atom stereocenters. The lowest BCUT2D eigenvalue weighted by molar-refractivity contribution is 0.0978. The van der Waals surface area contributed by atoms with E-state index in [2.05, 4.69) is 48.5 Å². The van der Waals surface area contributed by atoms with Crippen molar-refractivity contribution < 1.29 is 4.79 Å². The van der Waals surface area contributed by atoms with Gasteiger partial charge in [-0.1, -0.05) is 42.0 Å². The molecular weight excluding hydrogens is 555 g/mol. The minimum absolute atomic E-state index is 0.179. The Balaban J connectivity index is 1.49. The first-order valence-corrected chi connectivity index (χ1v) is 11.5. The monoisotopic (exact) mass is 568 g/mol. The molecule has 0 radical (unpaired) electrons. The van der Waals surface area contributed by atoms with E-state index in [4.69, 9.17) is 23.8 Å². The molecule has 2 aromatic heterocycles. The van der Waals surface area contributed by atoms with Crippen LogP contribution in [0.1, 0.15) is 23.1 Å². The van der Waals surface area contributed by atoms with Crippen molar-refractivity contribution in [2.24, 2.45) is 0 Å². The maximum Gasteiger partial charge on any atom is 0.258 e. The second-order valence-electron chi connectivity index (χ2n) is 6.18. The summed E-state index contributed by atoms with van der Waals surface area (Å²) < 4.78 is 2.67. The second-order valence-corrected chi connectivity index (χ2v) is 9.20.